The molecule has 0 saturated carbocycles. The first-order valence-corrected chi connectivity index (χ1v) is 6.24. The molecule has 1 aromatic rings. The molecule has 1 N–H and O–H groups in total. The molecule has 0 saturated heterocycles. The lowest BCUT2D eigenvalue weighted by Crippen LogP contribution is -2.03. The van der Waals surface area contributed by atoms with Crippen molar-refractivity contribution in [2.45, 2.75) is 41.0 Å². The molecule has 3 nitrogen and oxygen atoms in total. The molecule has 0 aromatic carbocycles. The highest BCUT2D eigenvalue weighted by Crippen LogP contribution is 2.18. The lowest BCUT2D eigenvalue weighted by atomic mass is 10.1. The van der Waals surface area contributed by atoms with Gasteiger partial charge in [0.2, 0.25) is 0 Å². The minimum absolute atomic E-state index is 0.609. The van der Waals surface area contributed by atoms with Gasteiger partial charge in [-0.15, -0.1) is 0 Å². The fourth-order valence-corrected chi connectivity index (χ4v) is 1.65. The van der Waals surface area contributed by atoms with Gasteiger partial charge in [0.15, 0.2) is 0 Å². The van der Waals surface area contributed by atoms with Crippen molar-refractivity contribution < 1.29 is 0 Å². The topological polar surface area (TPSA) is 48.7 Å². The summed E-state index contributed by atoms with van der Waals surface area (Å²) in [6.45, 7) is 10.1. The van der Waals surface area contributed by atoms with Crippen molar-refractivity contribution in [3.8, 4) is 6.07 Å². The number of allylic oxidation sites excluding steroid dienone is 2. The molecule has 3 heteroatoms. The quantitative estimate of drug-likeness (QED) is 0.818. The van der Waals surface area contributed by atoms with Gasteiger partial charge in [0.1, 0.15) is 0 Å². The molecule has 0 amide bonds. The highest BCUT2D eigenvalue weighted by Gasteiger charge is 2.05. The number of nitrogens with one attached hydrogen (secondary N) is 1. The SMILES string of the molecule is CC(C#N)=C(C)Nc1cnc(CC(C)C)cc1C. The van der Waals surface area contributed by atoms with Crippen LogP contribution < -0.4 is 5.32 Å². The van der Waals surface area contributed by atoms with E-state index in [4.69, 9.17) is 5.26 Å². The second kappa shape index (κ2) is 6.20. The van der Waals surface area contributed by atoms with E-state index in [1.54, 1.807) is 6.92 Å². The van der Waals surface area contributed by atoms with Crippen molar-refractivity contribution in [3.63, 3.8) is 0 Å². The van der Waals surface area contributed by atoms with E-state index in [1.807, 2.05) is 13.1 Å². The Morgan fingerprint density at radius 2 is 2.11 bits per heavy atom. The van der Waals surface area contributed by atoms with Gasteiger partial charge in [0, 0.05) is 17.0 Å². The number of pyridine rings is 1. The third-order valence-corrected chi connectivity index (χ3v) is 2.84. The second-order valence-corrected chi connectivity index (χ2v) is 5.08. The third-order valence-electron chi connectivity index (χ3n) is 2.84. The molecule has 0 aliphatic rings. The molecule has 1 rings (SSSR count). The Balaban J connectivity index is 2.91. The number of hydrogen-bond acceptors (Lipinski definition) is 3. The monoisotopic (exact) mass is 243 g/mol. The normalized spacial score (nSPS) is 12.1. The first kappa shape index (κ1) is 14.2. The zero-order valence-corrected chi connectivity index (χ0v) is 11.8. The Hall–Kier alpha value is -1.82. The molecular formula is C15H21N3. The van der Waals surface area contributed by atoms with E-state index in [-0.39, 0.29) is 0 Å². The molecule has 1 heterocycles. The molecule has 1 aromatic heterocycles. The molecule has 0 atom stereocenters. The highest BCUT2D eigenvalue weighted by atomic mass is 14.9. The summed E-state index contributed by atoms with van der Waals surface area (Å²) >= 11 is 0. The summed E-state index contributed by atoms with van der Waals surface area (Å²) in [6, 6.07) is 4.25. The first-order chi connectivity index (χ1) is 8.43. The van der Waals surface area contributed by atoms with Gasteiger partial charge < -0.3 is 5.32 Å². The molecule has 0 spiro atoms. The van der Waals surface area contributed by atoms with E-state index in [9.17, 15) is 0 Å². The molecule has 0 fully saturated rings. The molecule has 0 radical (unpaired) electrons. The Bertz CT molecular complexity index is 493. The zero-order chi connectivity index (χ0) is 13.7. The minimum Gasteiger partial charge on any atom is -0.357 e. The molecule has 0 aliphatic carbocycles. The molecule has 0 unspecified atom stereocenters. The minimum atomic E-state index is 0.609. The summed E-state index contributed by atoms with van der Waals surface area (Å²) in [5.41, 5.74) is 4.81. The largest absolute Gasteiger partial charge is 0.357 e. The second-order valence-electron chi connectivity index (χ2n) is 5.08. The van der Waals surface area contributed by atoms with Gasteiger partial charge in [-0.1, -0.05) is 13.8 Å². The summed E-state index contributed by atoms with van der Waals surface area (Å²) in [7, 11) is 0. The average Bonchev–Trinajstić information content (AvgIpc) is 2.30. The van der Waals surface area contributed by atoms with Gasteiger partial charge in [-0.3, -0.25) is 4.98 Å². The lowest BCUT2D eigenvalue weighted by molar-refractivity contribution is 0.635. The van der Waals surface area contributed by atoms with Crippen LogP contribution in [-0.4, -0.2) is 4.98 Å². The first-order valence-electron chi connectivity index (χ1n) is 6.24. The Morgan fingerprint density at radius 1 is 1.44 bits per heavy atom. The van der Waals surface area contributed by atoms with Crippen LogP contribution in [0.3, 0.4) is 0 Å². The molecule has 18 heavy (non-hydrogen) atoms. The summed E-state index contributed by atoms with van der Waals surface area (Å²) in [5, 5.41) is 12.1. The van der Waals surface area contributed by atoms with Gasteiger partial charge in [-0.2, -0.15) is 5.26 Å². The Morgan fingerprint density at radius 3 is 2.61 bits per heavy atom. The van der Waals surface area contributed by atoms with Gasteiger partial charge in [-0.25, -0.2) is 0 Å². The maximum atomic E-state index is 8.83. The highest BCUT2D eigenvalue weighted by molar-refractivity contribution is 5.54. The summed E-state index contributed by atoms with van der Waals surface area (Å²) < 4.78 is 0. The van der Waals surface area contributed by atoms with E-state index >= 15 is 0 Å². The number of anilines is 1. The number of rotatable bonds is 4. The van der Waals surface area contributed by atoms with Gasteiger partial charge >= 0.3 is 0 Å². The van der Waals surface area contributed by atoms with E-state index < -0.39 is 0 Å². The van der Waals surface area contributed by atoms with Gasteiger partial charge in [0.05, 0.1) is 18.0 Å². The van der Waals surface area contributed by atoms with Crippen LogP contribution >= 0.6 is 0 Å². The smallest absolute Gasteiger partial charge is 0.0962 e. The number of aryl methyl sites for hydroxylation is 1. The van der Waals surface area contributed by atoms with E-state index in [0.717, 1.165) is 29.1 Å². The number of aromatic nitrogens is 1. The van der Waals surface area contributed by atoms with Gasteiger partial charge in [0.25, 0.3) is 0 Å². The summed E-state index contributed by atoms with van der Waals surface area (Å²) in [4.78, 5) is 4.45. The predicted octanol–water partition coefficient (Wildman–Crippen LogP) is 3.82. The zero-order valence-electron chi connectivity index (χ0n) is 11.8. The van der Waals surface area contributed by atoms with Crippen molar-refractivity contribution in [2.75, 3.05) is 5.32 Å². The number of nitriles is 1. The fraction of sp³-hybridized carbons (Fsp3) is 0.467. The van der Waals surface area contributed by atoms with Crippen molar-refractivity contribution in [3.05, 3.63) is 34.8 Å². The predicted molar refractivity (Wildman–Crippen MR) is 75.1 cm³/mol. The fourth-order valence-electron chi connectivity index (χ4n) is 1.65. The third kappa shape index (κ3) is 3.89. The van der Waals surface area contributed by atoms with Crippen LogP contribution in [-0.2, 0) is 6.42 Å². The van der Waals surface area contributed by atoms with Crippen molar-refractivity contribution in [1.29, 1.82) is 5.26 Å². The van der Waals surface area contributed by atoms with Crippen LogP contribution in [0.15, 0.2) is 23.5 Å². The standard InChI is InChI=1S/C15H21N3/c1-10(2)6-14-7-11(3)15(9-17-14)18-13(5)12(4)8-16/h7,9-10,18H,6H2,1-5H3. The summed E-state index contributed by atoms with van der Waals surface area (Å²) in [5.74, 6) is 0.609. The van der Waals surface area contributed by atoms with Crippen LogP contribution in [0.5, 0.6) is 0 Å². The van der Waals surface area contributed by atoms with E-state index in [0.29, 0.717) is 11.5 Å². The van der Waals surface area contributed by atoms with E-state index in [1.165, 1.54) is 0 Å². The molecule has 0 bridgehead atoms. The molecule has 96 valence electrons. The number of hydrogen-bond donors (Lipinski definition) is 1. The molecular weight excluding hydrogens is 222 g/mol. The van der Waals surface area contributed by atoms with Crippen LogP contribution in [0.1, 0.15) is 39.0 Å². The van der Waals surface area contributed by atoms with Crippen LogP contribution in [0.25, 0.3) is 0 Å². The summed E-state index contributed by atoms with van der Waals surface area (Å²) in [6.07, 6.45) is 2.84. The van der Waals surface area contributed by atoms with E-state index in [2.05, 4.69) is 43.2 Å². The Labute approximate surface area is 110 Å². The maximum Gasteiger partial charge on any atom is 0.0962 e. The maximum absolute atomic E-state index is 8.83. The Kier molecular flexibility index (Phi) is 4.91. The average molecular weight is 243 g/mol. The molecule has 0 aliphatic heterocycles. The van der Waals surface area contributed by atoms with Crippen LogP contribution in [0.2, 0.25) is 0 Å². The van der Waals surface area contributed by atoms with Crippen molar-refractivity contribution >= 4 is 5.69 Å². The number of nitrogens with zero attached hydrogens (tertiary/aromatic N) is 2. The van der Waals surface area contributed by atoms with Crippen molar-refractivity contribution in [2.24, 2.45) is 5.92 Å². The van der Waals surface area contributed by atoms with Crippen LogP contribution in [0.4, 0.5) is 5.69 Å². The van der Waals surface area contributed by atoms with Crippen LogP contribution in [0, 0.1) is 24.2 Å². The lowest BCUT2D eigenvalue weighted by Gasteiger charge is -2.12. The van der Waals surface area contributed by atoms with Crippen molar-refractivity contribution in [1.82, 2.24) is 4.98 Å². The van der Waals surface area contributed by atoms with Gasteiger partial charge in [-0.05, 0) is 44.7 Å².